The largest absolute Gasteiger partial charge is 0.337 e. The quantitative estimate of drug-likeness (QED) is 0.753. The van der Waals surface area contributed by atoms with Gasteiger partial charge in [0.15, 0.2) is 9.84 Å². The van der Waals surface area contributed by atoms with Crippen LogP contribution in [-0.4, -0.2) is 75.5 Å². The third-order valence-electron chi connectivity index (χ3n) is 3.09. The third-order valence-corrected chi connectivity index (χ3v) is 4.84. The van der Waals surface area contributed by atoms with Crippen LogP contribution >= 0.6 is 0 Å². The Bertz CT molecular complexity index is 381. The lowest BCUT2D eigenvalue weighted by Gasteiger charge is -2.27. The molecule has 106 valence electrons. The van der Waals surface area contributed by atoms with Crippen LogP contribution in [0.3, 0.4) is 0 Å². The van der Waals surface area contributed by atoms with E-state index in [-0.39, 0.29) is 23.6 Å². The van der Waals surface area contributed by atoms with E-state index >= 15 is 0 Å². The van der Waals surface area contributed by atoms with Gasteiger partial charge in [-0.1, -0.05) is 0 Å². The summed E-state index contributed by atoms with van der Waals surface area (Å²) < 4.78 is 22.8. The average Bonchev–Trinajstić information content (AvgIpc) is 2.59. The van der Waals surface area contributed by atoms with Crippen LogP contribution in [0.2, 0.25) is 0 Å². The van der Waals surface area contributed by atoms with Gasteiger partial charge in [-0.05, 0) is 27.4 Å². The first-order chi connectivity index (χ1) is 8.35. The molecule has 0 saturated carbocycles. The van der Waals surface area contributed by atoms with E-state index in [2.05, 4.69) is 5.32 Å². The van der Waals surface area contributed by atoms with Crippen LogP contribution in [-0.2, 0) is 9.84 Å². The molecule has 1 unspecified atom stereocenters. The van der Waals surface area contributed by atoms with Crippen LogP contribution < -0.4 is 5.32 Å². The van der Waals surface area contributed by atoms with Gasteiger partial charge in [0.25, 0.3) is 0 Å². The molecule has 7 heteroatoms. The predicted octanol–water partition coefficient (Wildman–Crippen LogP) is -0.233. The van der Waals surface area contributed by atoms with Crippen molar-refractivity contribution in [2.45, 2.75) is 19.4 Å². The van der Waals surface area contributed by atoms with E-state index in [0.29, 0.717) is 19.5 Å². The van der Waals surface area contributed by atoms with Crippen LogP contribution in [0.1, 0.15) is 13.3 Å². The number of nitrogens with zero attached hydrogens (tertiary/aromatic N) is 2. The zero-order valence-electron chi connectivity index (χ0n) is 11.3. The minimum absolute atomic E-state index is 0.0991. The molecule has 0 spiro atoms. The summed E-state index contributed by atoms with van der Waals surface area (Å²) in [7, 11) is 0.928. The van der Waals surface area contributed by atoms with Crippen molar-refractivity contribution in [3.63, 3.8) is 0 Å². The predicted molar refractivity (Wildman–Crippen MR) is 71.4 cm³/mol. The molecule has 6 nitrogen and oxygen atoms in total. The fourth-order valence-corrected chi connectivity index (χ4v) is 3.81. The molecule has 1 fully saturated rings. The van der Waals surface area contributed by atoms with Crippen molar-refractivity contribution in [2.75, 3.05) is 45.2 Å². The molecule has 1 rings (SSSR count). The van der Waals surface area contributed by atoms with Crippen molar-refractivity contribution >= 4 is 15.9 Å². The van der Waals surface area contributed by atoms with Gasteiger partial charge < -0.3 is 15.1 Å². The van der Waals surface area contributed by atoms with E-state index in [1.165, 1.54) is 0 Å². The van der Waals surface area contributed by atoms with Crippen LogP contribution in [0.5, 0.6) is 0 Å². The molecular formula is C11H23N3O3S. The Labute approximate surface area is 109 Å². The number of hydrogen-bond donors (Lipinski definition) is 1. The number of carbonyl (C=O) groups excluding carboxylic acids is 1. The zero-order valence-corrected chi connectivity index (χ0v) is 12.2. The molecule has 0 aromatic carbocycles. The SMILES string of the molecule is CCN(C(=O)NCCN(C)C)C1CCS(=O)(=O)C1. The number of likely N-dealkylation sites (N-methyl/N-ethyl adjacent to an activating group) is 1. The van der Waals surface area contributed by atoms with Gasteiger partial charge in [-0.25, -0.2) is 13.2 Å². The highest BCUT2D eigenvalue weighted by molar-refractivity contribution is 7.91. The highest BCUT2D eigenvalue weighted by atomic mass is 32.2. The Hall–Kier alpha value is -0.820. The van der Waals surface area contributed by atoms with Crippen LogP contribution in [0.25, 0.3) is 0 Å². The summed E-state index contributed by atoms with van der Waals surface area (Å²) in [6, 6.07) is -0.333. The lowest BCUT2D eigenvalue weighted by atomic mass is 10.2. The molecule has 1 saturated heterocycles. The molecule has 0 bridgehead atoms. The van der Waals surface area contributed by atoms with E-state index < -0.39 is 9.84 Å². The highest BCUT2D eigenvalue weighted by Crippen LogP contribution is 2.17. The molecule has 0 aromatic rings. The Morgan fingerprint density at radius 1 is 1.39 bits per heavy atom. The summed E-state index contributed by atoms with van der Waals surface area (Å²) in [5.74, 6) is 0.293. The molecule has 18 heavy (non-hydrogen) atoms. The molecule has 1 heterocycles. The van der Waals surface area contributed by atoms with Gasteiger partial charge in [0, 0.05) is 25.7 Å². The molecule has 0 aromatic heterocycles. The summed E-state index contributed by atoms with van der Waals surface area (Å²) >= 11 is 0. The maximum absolute atomic E-state index is 12.0. The van der Waals surface area contributed by atoms with E-state index in [0.717, 1.165) is 6.54 Å². The van der Waals surface area contributed by atoms with Gasteiger partial charge in [-0.15, -0.1) is 0 Å². The van der Waals surface area contributed by atoms with Gasteiger partial charge in [-0.3, -0.25) is 0 Å². The lowest BCUT2D eigenvalue weighted by molar-refractivity contribution is 0.183. The van der Waals surface area contributed by atoms with Gasteiger partial charge in [-0.2, -0.15) is 0 Å². The summed E-state index contributed by atoms with van der Waals surface area (Å²) in [6.45, 7) is 3.75. The molecule has 1 aliphatic heterocycles. The summed E-state index contributed by atoms with van der Waals surface area (Å²) in [5.41, 5.74) is 0. The third kappa shape index (κ3) is 4.45. The van der Waals surface area contributed by atoms with Gasteiger partial charge in [0.05, 0.1) is 11.5 Å². The molecule has 1 N–H and O–H groups in total. The van der Waals surface area contributed by atoms with E-state index in [1.807, 2.05) is 25.9 Å². The van der Waals surface area contributed by atoms with E-state index in [1.54, 1.807) is 4.90 Å². The zero-order chi connectivity index (χ0) is 13.8. The van der Waals surface area contributed by atoms with Gasteiger partial charge in [0.2, 0.25) is 0 Å². The monoisotopic (exact) mass is 277 g/mol. The molecule has 0 aliphatic carbocycles. The maximum atomic E-state index is 12.0. The van der Waals surface area contributed by atoms with Gasteiger partial charge >= 0.3 is 6.03 Å². The molecule has 1 aliphatic rings. The van der Waals surface area contributed by atoms with Crippen molar-refractivity contribution in [1.82, 2.24) is 15.1 Å². The van der Waals surface area contributed by atoms with Crippen molar-refractivity contribution in [1.29, 1.82) is 0 Å². The number of nitrogens with one attached hydrogen (secondary N) is 1. The number of rotatable bonds is 5. The maximum Gasteiger partial charge on any atom is 0.317 e. The number of urea groups is 1. The first kappa shape index (κ1) is 15.2. The molecule has 2 amide bonds. The molecule has 1 atom stereocenters. The fraction of sp³-hybridized carbons (Fsp3) is 0.909. The first-order valence-electron chi connectivity index (χ1n) is 6.25. The van der Waals surface area contributed by atoms with E-state index in [9.17, 15) is 13.2 Å². The van der Waals surface area contributed by atoms with Crippen LogP contribution in [0.4, 0.5) is 4.79 Å². The Kier molecular flexibility index (Phi) is 5.40. The normalized spacial score (nSPS) is 22.1. The summed E-state index contributed by atoms with van der Waals surface area (Å²) in [6.07, 6.45) is 0.553. The molecule has 0 radical (unpaired) electrons. The van der Waals surface area contributed by atoms with E-state index in [4.69, 9.17) is 0 Å². The second-order valence-electron chi connectivity index (χ2n) is 4.88. The minimum Gasteiger partial charge on any atom is -0.337 e. The van der Waals surface area contributed by atoms with Gasteiger partial charge in [0.1, 0.15) is 0 Å². The number of hydrogen-bond acceptors (Lipinski definition) is 4. The standard InChI is InChI=1S/C11H23N3O3S/c1-4-14(10-5-8-18(16,17)9-10)11(15)12-6-7-13(2)3/h10H,4-9H2,1-3H3,(H,12,15). The Morgan fingerprint density at radius 2 is 2.06 bits per heavy atom. The van der Waals surface area contributed by atoms with Crippen LogP contribution in [0, 0.1) is 0 Å². The summed E-state index contributed by atoms with van der Waals surface area (Å²) in [5, 5.41) is 2.82. The Morgan fingerprint density at radius 3 is 2.50 bits per heavy atom. The topological polar surface area (TPSA) is 69.7 Å². The van der Waals surface area contributed by atoms with Crippen LogP contribution in [0.15, 0.2) is 0 Å². The fourth-order valence-electron chi connectivity index (χ4n) is 2.08. The highest BCUT2D eigenvalue weighted by Gasteiger charge is 2.33. The number of sulfone groups is 1. The average molecular weight is 277 g/mol. The van der Waals surface area contributed by atoms with Crippen molar-refractivity contribution < 1.29 is 13.2 Å². The van der Waals surface area contributed by atoms with Crippen molar-refractivity contribution in [2.24, 2.45) is 0 Å². The first-order valence-corrected chi connectivity index (χ1v) is 8.07. The lowest BCUT2D eigenvalue weighted by Crippen LogP contribution is -2.47. The second-order valence-corrected chi connectivity index (χ2v) is 7.11. The minimum atomic E-state index is -2.95. The Balaban J connectivity index is 2.48. The molecular weight excluding hydrogens is 254 g/mol. The van der Waals surface area contributed by atoms with Crippen molar-refractivity contribution in [3.8, 4) is 0 Å². The summed E-state index contributed by atoms with van der Waals surface area (Å²) in [4.78, 5) is 15.6. The van der Waals surface area contributed by atoms with Crippen molar-refractivity contribution in [3.05, 3.63) is 0 Å². The number of carbonyl (C=O) groups is 1. The second kappa shape index (κ2) is 6.38. The number of amides is 2. The smallest absolute Gasteiger partial charge is 0.317 e.